The van der Waals surface area contributed by atoms with Crippen LogP contribution in [0.4, 0.5) is 0 Å². The lowest BCUT2D eigenvalue weighted by molar-refractivity contribution is -0.140. The predicted octanol–water partition coefficient (Wildman–Crippen LogP) is 3.04. The largest absolute Gasteiger partial charge is 0.507 e. The van der Waals surface area contributed by atoms with E-state index in [-0.39, 0.29) is 35.4 Å². The number of benzene rings is 2. The normalized spacial score (nSPS) is 16.1. The van der Waals surface area contributed by atoms with Crippen LogP contribution in [0, 0.1) is 0 Å². The van der Waals surface area contributed by atoms with E-state index in [0.717, 1.165) is 5.56 Å². The molecule has 1 fully saturated rings. The Morgan fingerprint density at radius 1 is 1.13 bits per heavy atom. The number of esters is 1. The van der Waals surface area contributed by atoms with E-state index in [1.54, 1.807) is 13.2 Å². The molecule has 156 valence electrons. The third kappa shape index (κ3) is 3.32. The molecule has 1 aliphatic heterocycles. The molecule has 30 heavy (non-hydrogen) atoms. The molecule has 0 aliphatic carbocycles. The Morgan fingerprint density at radius 3 is 2.57 bits per heavy atom. The Hall–Kier alpha value is -3.62. The van der Waals surface area contributed by atoms with E-state index in [1.165, 1.54) is 10.7 Å². The number of tetrazole rings is 1. The number of carbonyl (C=O) groups is 1. The SMILES string of the molecule is COc1ccc(C(C)C)cc1-c1cc(-c2nnnn2C2CCOC2=O)c(O)cc1O. The van der Waals surface area contributed by atoms with Gasteiger partial charge in [-0.15, -0.1) is 5.10 Å². The number of hydrogen-bond acceptors (Lipinski definition) is 8. The molecule has 0 amide bonds. The molecule has 1 aliphatic rings. The highest BCUT2D eigenvalue weighted by Gasteiger charge is 2.32. The number of phenolic OH excluding ortho intramolecular Hbond substituents is 2. The lowest BCUT2D eigenvalue weighted by Crippen LogP contribution is -2.17. The van der Waals surface area contributed by atoms with Crippen molar-refractivity contribution in [2.24, 2.45) is 0 Å². The smallest absolute Gasteiger partial charge is 0.331 e. The summed E-state index contributed by atoms with van der Waals surface area (Å²) < 4.78 is 11.8. The van der Waals surface area contributed by atoms with Gasteiger partial charge in [0.1, 0.15) is 17.2 Å². The zero-order valence-electron chi connectivity index (χ0n) is 16.9. The second-order valence-electron chi connectivity index (χ2n) is 7.42. The zero-order chi connectivity index (χ0) is 21.4. The van der Waals surface area contributed by atoms with Crippen LogP contribution in [-0.2, 0) is 9.53 Å². The summed E-state index contributed by atoms with van der Waals surface area (Å²) in [6, 6.07) is 7.92. The molecule has 9 nitrogen and oxygen atoms in total. The van der Waals surface area contributed by atoms with Crippen molar-refractivity contribution in [1.29, 1.82) is 0 Å². The highest BCUT2D eigenvalue weighted by molar-refractivity contribution is 5.83. The molecule has 4 rings (SSSR count). The minimum atomic E-state index is -0.662. The van der Waals surface area contributed by atoms with Gasteiger partial charge in [-0.2, -0.15) is 0 Å². The Morgan fingerprint density at radius 2 is 1.90 bits per heavy atom. The first-order valence-electron chi connectivity index (χ1n) is 9.59. The number of nitrogens with zero attached hydrogens (tertiary/aromatic N) is 4. The summed E-state index contributed by atoms with van der Waals surface area (Å²) in [4.78, 5) is 12.0. The van der Waals surface area contributed by atoms with Crippen LogP contribution in [-0.4, -0.2) is 50.1 Å². The maximum absolute atomic E-state index is 12.0. The first-order chi connectivity index (χ1) is 14.4. The summed E-state index contributed by atoms with van der Waals surface area (Å²) in [5, 5.41) is 32.7. The van der Waals surface area contributed by atoms with Crippen LogP contribution in [0.2, 0.25) is 0 Å². The average Bonchev–Trinajstić information content (AvgIpc) is 3.36. The maximum Gasteiger partial charge on any atom is 0.331 e. The minimum Gasteiger partial charge on any atom is -0.507 e. The van der Waals surface area contributed by atoms with Crippen LogP contribution in [0.5, 0.6) is 17.2 Å². The summed E-state index contributed by atoms with van der Waals surface area (Å²) in [5.41, 5.74) is 2.47. The molecular weight excluding hydrogens is 388 g/mol. The molecule has 2 heterocycles. The molecule has 2 N–H and O–H groups in total. The summed E-state index contributed by atoms with van der Waals surface area (Å²) in [7, 11) is 1.55. The number of hydrogen-bond donors (Lipinski definition) is 2. The predicted molar refractivity (Wildman–Crippen MR) is 107 cm³/mol. The van der Waals surface area contributed by atoms with Crippen molar-refractivity contribution in [3.05, 3.63) is 35.9 Å². The minimum absolute atomic E-state index is 0.116. The summed E-state index contributed by atoms with van der Waals surface area (Å²) in [5.74, 6) is 0.302. The van der Waals surface area contributed by atoms with Crippen molar-refractivity contribution in [2.75, 3.05) is 13.7 Å². The molecule has 0 radical (unpaired) electrons. The van der Waals surface area contributed by atoms with Crippen LogP contribution in [0.1, 0.15) is 37.8 Å². The first kappa shape index (κ1) is 19.7. The fraction of sp³-hybridized carbons (Fsp3) is 0.333. The van der Waals surface area contributed by atoms with Crippen LogP contribution in [0.3, 0.4) is 0 Å². The van der Waals surface area contributed by atoms with Gasteiger partial charge in [-0.1, -0.05) is 19.9 Å². The monoisotopic (exact) mass is 410 g/mol. The van der Waals surface area contributed by atoms with Crippen molar-refractivity contribution >= 4 is 5.97 Å². The van der Waals surface area contributed by atoms with E-state index < -0.39 is 12.0 Å². The molecule has 0 saturated carbocycles. The van der Waals surface area contributed by atoms with Crippen molar-refractivity contribution in [3.8, 4) is 39.8 Å². The van der Waals surface area contributed by atoms with Gasteiger partial charge in [0.2, 0.25) is 0 Å². The maximum atomic E-state index is 12.0. The standard InChI is InChI=1S/C21H22N4O5/c1-11(2)12-4-5-19(29-3)14(8-12)13-9-15(18(27)10-17(13)26)20-22-23-24-25(20)16-6-7-30-21(16)28/h4-5,8-11,16,26-27H,6-7H2,1-3H3. The molecule has 0 spiro atoms. The molecule has 9 heteroatoms. The summed E-state index contributed by atoms with van der Waals surface area (Å²) >= 11 is 0. The Kier molecular flexibility index (Phi) is 5.03. The van der Waals surface area contributed by atoms with E-state index in [2.05, 4.69) is 29.4 Å². The van der Waals surface area contributed by atoms with E-state index in [4.69, 9.17) is 9.47 Å². The number of aromatic hydroxyl groups is 2. The van der Waals surface area contributed by atoms with Gasteiger partial charge in [-0.3, -0.25) is 0 Å². The van der Waals surface area contributed by atoms with Crippen LogP contribution >= 0.6 is 0 Å². The van der Waals surface area contributed by atoms with E-state index in [9.17, 15) is 15.0 Å². The number of methoxy groups -OCH3 is 1. The summed E-state index contributed by atoms with van der Waals surface area (Å²) in [6.45, 7) is 4.43. The zero-order valence-corrected chi connectivity index (χ0v) is 16.9. The third-order valence-corrected chi connectivity index (χ3v) is 5.23. The number of cyclic esters (lactones) is 1. The third-order valence-electron chi connectivity index (χ3n) is 5.23. The summed E-state index contributed by atoms with van der Waals surface area (Å²) in [6.07, 6.45) is 0.437. The lowest BCUT2D eigenvalue weighted by Gasteiger charge is -2.16. The molecule has 1 saturated heterocycles. The number of carbonyl (C=O) groups excluding carboxylic acids is 1. The lowest BCUT2D eigenvalue weighted by atomic mass is 9.94. The molecular formula is C21H22N4O5. The fourth-order valence-electron chi connectivity index (χ4n) is 3.56. The molecule has 1 unspecified atom stereocenters. The van der Waals surface area contributed by atoms with Crippen molar-refractivity contribution in [1.82, 2.24) is 20.2 Å². The van der Waals surface area contributed by atoms with Crippen LogP contribution in [0.25, 0.3) is 22.5 Å². The van der Waals surface area contributed by atoms with Crippen LogP contribution in [0.15, 0.2) is 30.3 Å². The van der Waals surface area contributed by atoms with Crippen molar-refractivity contribution in [3.63, 3.8) is 0 Å². The Balaban J connectivity index is 1.88. The van der Waals surface area contributed by atoms with E-state index in [1.807, 2.05) is 18.2 Å². The fourth-order valence-corrected chi connectivity index (χ4v) is 3.56. The van der Waals surface area contributed by atoms with Gasteiger partial charge < -0.3 is 19.7 Å². The molecule has 1 aromatic heterocycles. The number of ether oxygens (including phenoxy) is 2. The quantitative estimate of drug-likeness (QED) is 0.616. The Bertz CT molecular complexity index is 1110. The van der Waals surface area contributed by atoms with Crippen molar-refractivity contribution < 1.29 is 24.5 Å². The van der Waals surface area contributed by atoms with Gasteiger partial charge in [0.25, 0.3) is 0 Å². The van der Waals surface area contributed by atoms with Gasteiger partial charge in [0.05, 0.1) is 19.3 Å². The molecule has 1 atom stereocenters. The molecule has 2 aromatic carbocycles. The van der Waals surface area contributed by atoms with Gasteiger partial charge in [0.15, 0.2) is 11.9 Å². The first-order valence-corrected chi connectivity index (χ1v) is 9.59. The number of aromatic nitrogens is 4. The van der Waals surface area contributed by atoms with Gasteiger partial charge in [-0.25, -0.2) is 9.48 Å². The molecule has 0 bridgehead atoms. The number of rotatable bonds is 5. The van der Waals surface area contributed by atoms with Gasteiger partial charge >= 0.3 is 5.97 Å². The topological polar surface area (TPSA) is 120 Å². The van der Waals surface area contributed by atoms with E-state index in [0.29, 0.717) is 23.3 Å². The molecule has 3 aromatic rings. The highest BCUT2D eigenvalue weighted by Crippen LogP contribution is 2.43. The van der Waals surface area contributed by atoms with Gasteiger partial charge in [0, 0.05) is 23.6 Å². The second-order valence-corrected chi connectivity index (χ2v) is 7.42. The highest BCUT2D eigenvalue weighted by atomic mass is 16.5. The second kappa shape index (κ2) is 7.66. The van der Waals surface area contributed by atoms with Gasteiger partial charge in [-0.05, 0) is 40.1 Å². The van der Waals surface area contributed by atoms with Crippen molar-refractivity contribution in [2.45, 2.75) is 32.2 Å². The Labute approximate surface area is 172 Å². The number of phenols is 2. The van der Waals surface area contributed by atoms with E-state index >= 15 is 0 Å². The van der Waals surface area contributed by atoms with Crippen LogP contribution < -0.4 is 4.74 Å². The average molecular weight is 410 g/mol.